The van der Waals surface area contributed by atoms with Crippen LogP contribution in [0.5, 0.6) is 0 Å². The van der Waals surface area contributed by atoms with Crippen molar-refractivity contribution in [1.29, 1.82) is 0 Å². The van der Waals surface area contributed by atoms with Crippen molar-refractivity contribution in [3.63, 3.8) is 0 Å². The summed E-state index contributed by atoms with van der Waals surface area (Å²) in [6, 6.07) is 0. The van der Waals surface area contributed by atoms with E-state index >= 15 is 0 Å². The summed E-state index contributed by atoms with van der Waals surface area (Å²) in [5, 5.41) is 13.7. The predicted octanol–water partition coefficient (Wildman–Crippen LogP) is 1.90. The summed E-state index contributed by atoms with van der Waals surface area (Å²) in [5.74, 6) is 4.95. The van der Waals surface area contributed by atoms with Gasteiger partial charge in [-0.05, 0) is 12.2 Å². The third kappa shape index (κ3) is 2.93. The number of hydrogen-bond acceptors (Lipinski definition) is 6. The Morgan fingerprint density at radius 3 is 3.12 bits per heavy atom. The lowest BCUT2D eigenvalue weighted by molar-refractivity contribution is 0.164. The fraction of sp³-hybridized carbons (Fsp3) is 0.800. The van der Waals surface area contributed by atoms with Crippen LogP contribution in [0.25, 0.3) is 0 Å². The minimum absolute atomic E-state index is 0.0300. The molecular formula is C10H16N2O2S2. The molecule has 2 unspecified atom stereocenters. The fourth-order valence-corrected chi connectivity index (χ4v) is 3.52. The minimum Gasteiger partial charge on any atom is -0.391 e. The van der Waals surface area contributed by atoms with Crippen LogP contribution in [0.4, 0.5) is 0 Å². The summed E-state index contributed by atoms with van der Waals surface area (Å²) < 4.78 is 5.20. The van der Waals surface area contributed by atoms with Crippen LogP contribution < -0.4 is 0 Å². The highest BCUT2D eigenvalue weighted by atomic mass is 32.2. The molecule has 1 saturated heterocycles. The third-order valence-electron chi connectivity index (χ3n) is 2.43. The van der Waals surface area contributed by atoms with E-state index in [0.717, 1.165) is 35.3 Å². The average molecular weight is 260 g/mol. The van der Waals surface area contributed by atoms with E-state index in [-0.39, 0.29) is 12.0 Å². The van der Waals surface area contributed by atoms with Gasteiger partial charge in [-0.25, -0.2) is 0 Å². The molecule has 1 aliphatic rings. The molecule has 2 rings (SSSR count). The highest BCUT2D eigenvalue weighted by Gasteiger charge is 2.31. The van der Waals surface area contributed by atoms with Crippen LogP contribution in [0, 0.1) is 0 Å². The molecule has 0 saturated carbocycles. The monoisotopic (exact) mass is 260 g/mol. The molecule has 0 spiro atoms. The highest BCUT2D eigenvalue weighted by molar-refractivity contribution is 7.99. The molecule has 2 heterocycles. The molecule has 1 aliphatic heterocycles. The topological polar surface area (TPSA) is 59.2 Å². The Hall–Kier alpha value is -0.200. The molecule has 90 valence electrons. The van der Waals surface area contributed by atoms with E-state index in [4.69, 9.17) is 4.52 Å². The SMILES string of the molecule is CCCSCc1noc(C2CSCC2O)n1. The van der Waals surface area contributed by atoms with Crippen molar-refractivity contribution in [3.8, 4) is 0 Å². The fourth-order valence-electron chi connectivity index (χ4n) is 1.56. The van der Waals surface area contributed by atoms with Gasteiger partial charge in [0.2, 0.25) is 5.89 Å². The number of nitrogens with zero attached hydrogens (tertiary/aromatic N) is 2. The second-order valence-corrected chi connectivity index (χ2v) is 5.99. The van der Waals surface area contributed by atoms with Crippen molar-refractivity contribution in [2.45, 2.75) is 31.1 Å². The lowest BCUT2D eigenvalue weighted by Gasteiger charge is -2.06. The standard InChI is InChI=1S/C10H16N2O2S2/c1-2-3-15-6-9-11-10(14-12-9)7-4-16-5-8(7)13/h7-8,13H,2-6H2,1H3. The summed E-state index contributed by atoms with van der Waals surface area (Å²) in [4.78, 5) is 4.34. The second-order valence-electron chi connectivity index (χ2n) is 3.81. The van der Waals surface area contributed by atoms with E-state index in [1.165, 1.54) is 0 Å². The molecule has 0 aliphatic carbocycles. The molecule has 6 heteroatoms. The van der Waals surface area contributed by atoms with Crippen LogP contribution in [0.1, 0.15) is 31.0 Å². The predicted molar refractivity (Wildman–Crippen MR) is 66.8 cm³/mol. The van der Waals surface area contributed by atoms with Crippen LogP contribution >= 0.6 is 23.5 Å². The Balaban J connectivity index is 1.91. The van der Waals surface area contributed by atoms with Crippen LogP contribution in [0.2, 0.25) is 0 Å². The van der Waals surface area contributed by atoms with Gasteiger partial charge in [0.15, 0.2) is 5.82 Å². The van der Waals surface area contributed by atoms with Gasteiger partial charge in [-0.1, -0.05) is 12.1 Å². The van der Waals surface area contributed by atoms with Crippen molar-refractivity contribution in [1.82, 2.24) is 10.1 Å². The highest BCUT2D eigenvalue weighted by Crippen LogP contribution is 2.31. The molecule has 16 heavy (non-hydrogen) atoms. The van der Waals surface area contributed by atoms with Gasteiger partial charge < -0.3 is 9.63 Å². The van der Waals surface area contributed by atoms with E-state index in [1.807, 2.05) is 11.8 Å². The summed E-state index contributed by atoms with van der Waals surface area (Å²) in [7, 11) is 0. The lowest BCUT2D eigenvalue weighted by atomic mass is 10.1. The van der Waals surface area contributed by atoms with Crippen LogP contribution in [0.3, 0.4) is 0 Å². The molecule has 1 fully saturated rings. The zero-order valence-corrected chi connectivity index (χ0v) is 10.9. The quantitative estimate of drug-likeness (QED) is 0.816. The van der Waals surface area contributed by atoms with Crippen molar-refractivity contribution in [2.75, 3.05) is 17.3 Å². The van der Waals surface area contributed by atoms with Gasteiger partial charge >= 0.3 is 0 Å². The number of aromatic nitrogens is 2. The van der Waals surface area contributed by atoms with Crippen molar-refractivity contribution < 1.29 is 9.63 Å². The van der Waals surface area contributed by atoms with Crippen molar-refractivity contribution in [2.24, 2.45) is 0 Å². The first-order valence-electron chi connectivity index (χ1n) is 5.47. The Labute approximate surface area is 104 Å². The van der Waals surface area contributed by atoms with E-state index in [2.05, 4.69) is 17.1 Å². The van der Waals surface area contributed by atoms with Gasteiger partial charge in [0.05, 0.1) is 17.8 Å². The first-order chi connectivity index (χ1) is 7.81. The molecule has 1 N–H and O–H groups in total. The van der Waals surface area contributed by atoms with Crippen LogP contribution in [-0.4, -0.2) is 38.6 Å². The number of aliphatic hydroxyl groups excluding tert-OH is 1. The third-order valence-corrected chi connectivity index (χ3v) is 4.76. The second kappa shape index (κ2) is 5.93. The largest absolute Gasteiger partial charge is 0.391 e. The van der Waals surface area contributed by atoms with Gasteiger partial charge in [0, 0.05) is 11.5 Å². The van der Waals surface area contributed by atoms with Gasteiger partial charge in [0.1, 0.15) is 0 Å². The molecule has 1 aromatic rings. The molecule has 0 amide bonds. The molecule has 0 aromatic carbocycles. The Kier molecular flexibility index (Phi) is 4.55. The van der Waals surface area contributed by atoms with E-state index < -0.39 is 0 Å². The van der Waals surface area contributed by atoms with Gasteiger partial charge in [-0.2, -0.15) is 28.5 Å². The van der Waals surface area contributed by atoms with E-state index in [9.17, 15) is 5.11 Å². The van der Waals surface area contributed by atoms with Gasteiger partial charge in [-0.3, -0.25) is 0 Å². The summed E-state index contributed by atoms with van der Waals surface area (Å²) in [6.07, 6.45) is 0.828. The summed E-state index contributed by atoms with van der Waals surface area (Å²) in [6.45, 7) is 2.15. The lowest BCUT2D eigenvalue weighted by Crippen LogP contribution is -2.15. The Morgan fingerprint density at radius 1 is 1.56 bits per heavy atom. The minimum atomic E-state index is -0.332. The number of hydrogen-bond donors (Lipinski definition) is 1. The number of aliphatic hydroxyl groups is 1. The molecule has 4 nitrogen and oxygen atoms in total. The van der Waals surface area contributed by atoms with Crippen LogP contribution in [0.15, 0.2) is 4.52 Å². The zero-order chi connectivity index (χ0) is 11.4. The van der Waals surface area contributed by atoms with Crippen LogP contribution in [-0.2, 0) is 5.75 Å². The average Bonchev–Trinajstić information content (AvgIpc) is 2.87. The molecule has 0 radical (unpaired) electrons. The molecule has 0 bridgehead atoms. The van der Waals surface area contributed by atoms with Gasteiger partial charge in [0.25, 0.3) is 0 Å². The Bertz CT molecular complexity index is 332. The number of rotatable bonds is 5. The molecular weight excluding hydrogens is 244 g/mol. The Morgan fingerprint density at radius 2 is 2.44 bits per heavy atom. The molecule has 2 atom stereocenters. The zero-order valence-electron chi connectivity index (χ0n) is 9.26. The first-order valence-corrected chi connectivity index (χ1v) is 7.78. The maximum Gasteiger partial charge on any atom is 0.233 e. The van der Waals surface area contributed by atoms with Crippen molar-refractivity contribution >= 4 is 23.5 Å². The van der Waals surface area contributed by atoms with Crippen molar-refractivity contribution in [3.05, 3.63) is 11.7 Å². The first kappa shape index (κ1) is 12.3. The maximum atomic E-state index is 9.71. The summed E-state index contributed by atoms with van der Waals surface area (Å²) in [5.41, 5.74) is 0. The summed E-state index contributed by atoms with van der Waals surface area (Å²) >= 11 is 3.54. The van der Waals surface area contributed by atoms with E-state index in [1.54, 1.807) is 11.8 Å². The maximum absolute atomic E-state index is 9.71. The smallest absolute Gasteiger partial charge is 0.233 e. The molecule has 1 aromatic heterocycles. The van der Waals surface area contributed by atoms with E-state index in [0.29, 0.717) is 5.89 Å². The van der Waals surface area contributed by atoms with Gasteiger partial charge in [-0.15, -0.1) is 0 Å². The normalized spacial score (nSPS) is 25.1. The number of thioether (sulfide) groups is 2.